The van der Waals surface area contributed by atoms with Crippen molar-refractivity contribution < 1.29 is 19.2 Å². The van der Waals surface area contributed by atoms with Crippen LogP contribution in [-0.2, 0) is 4.79 Å². The molecule has 2 amide bonds. The molecule has 0 saturated heterocycles. The molecule has 0 spiro atoms. The van der Waals surface area contributed by atoms with Gasteiger partial charge in [-0.3, -0.25) is 4.79 Å². The van der Waals surface area contributed by atoms with Crippen molar-refractivity contribution in [1.82, 2.24) is 15.4 Å². The molecular weight excluding hydrogens is 250 g/mol. The first-order chi connectivity index (χ1) is 8.82. The lowest BCUT2D eigenvalue weighted by molar-refractivity contribution is -0.137. The third-order valence-electron chi connectivity index (χ3n) is 2.87. The van der Waals surface area contributed by atoms with Gasteiger partial charge in [0, 0.05) is 19.2 Å². The number of carbonyl (C=O) groups excluding carboxylic acids is 1. The van der Waals surface area contributed by atoms with Crippen LogP contribution in [0.1, 0.15) is 36.4 Å². The lowest BCUT2D eigenvalue weighted by Gasteiger charge is -2.20. The number of urea groups is 1. The molecule has 0 saturated carbocycles. The van der Waals surface area contributed by atoms with Gasteiger partial charge in [-0.05, 0) is 20.8 Å². The molecule has 106 valence electrons. The van der Waals surface area contributed by atoms with Crippen LogP contribution in [0.4, 0.5) is 4.79 Å². The van der Waals surface area contributed by atoms with Gasteiger partial charge in [0.2, 0.25) is 0 Å². The van der Waals surface area contributed by atoms with Gasteiger partial charge < -0.3 is 19.8 Å². The van der Waals surface area contributed by atoms with Crippen LogP contribution >= 0.6 is 0 Å². The average Bonchev–Trinajstić information content (AvgIpc) is 2.65. The normalized spacial score (nSPS) is 12.0. The predicted molar refractivity (Wildman–Crippen MR) is 67.8 cm³/mol. The highest BCUT2D eigenvalue weighted by Crippen LogP contribution is 2.20. The van der Waals surface area contributed by atoms with E-state index in [9.17, 15) is 9.59 Å². The second kappa shape index (κ2) is 6.21. The van der Waals surface area contributed by atoms with E-state index in [-0.39, 0.29) is 25.0 Å². The Morgan fingerprint density at radius 1 is 1.47 bits per heavy atom. The average molecular weight is 269 g/mol. The fourth-order valence-corrected chi connectivity index (χ4v) is 1.84. The summed E-state index contributed by atoms with van der Waals surface area (Å²) in [6.07, 6.45) is -0.0797. The Morgan fingerprint density at radius 2 is 2.11 bits per heavy atom. The Labute approximate surface area is 111 Å². The van der Waals surface area contributed by atoms with E-state index >= 15 is 0 Å². The summed E-state index contributed by atoms with van der Waals surface area (Å²) in [6.45, 7) is 5.58. The summed E-state index contributed by atoms with van der Waals surface area (Å²) >= 11 is 0. The first-order valence-electron chi connectivity index (χ1n) is 5.99. The molecule has 1 aromatic rings. The molecule has 1 heterocycles. The van der Waals surface area contributed by atoms with Crippen molar-refractivity contribution >= 4 is 12.0 Å². The van der Waals surface area contributed by atoms with E-state index in [2.05, 4.69) is 10.5 Å². The maximum Gasteiger partial charge on any atom is 0.317 e. The second-order valence-corrected chi connectivity index (χ2v) is 4.47. The number of aromatic nitrogens is 1. The largest absolute Gasteiger partial charge is 0.481 e. The minimum atomic E-state index is -0.932. The molecular formula is C12H19N3O4. The van der Waals surface area contributed by atoms with Crippen molar-refractivity contribution in [3.8, 4) is 0 Å². The highest BCUT2D eigenvalue weighted by atomic mass is 16.5. The molecule has 1 unspecified atom stereocenters. The summed E-state index contributed by atoms with van der Waals surface area (Å²) in [4.78, 5) is 23.6. The van der Waals surface area contributed by atoms with Crippen LogP contribution in [0, 0.1) is 13.8 Å². The molecule has 19 heavy (non-hydrogen) atoms. The molecule has 0 aromatic carbocycles. The van der Waals surface area contributed by atoms with Crippen LogP contribution in [0.3, 0.4) is 0 Å². The van der Waals surface area contributed by atoms with Gasteiger partial charge in [0.1, 0.15) is 5.76 Å². The first-order valence-corrected chi connectivity index (χ1v) is 5.99. The number of carbonyl (C=O) groups is 2. The summed E-state index contributed by atoms with van der Waals surface area (Å²) in [5, 5.41) is 15.2. The number of aryl methyl sites for hydroxylation is 2. The monoisotopic (exact) mass is 269 g/mol. The molecule has 0 aliphatic rings. The van der Waals surface area contributed by atoms with E-state index in [1.807, 2.05) is 13.8 Å². The zero-order valence-electron chi connectivity index (χ0n) is 11.6. The van der Waals surface area contributed by atoms with Crippen LogP contribution in [-0.4, -0.2) is 40.8 Å². The van der Waals surface area contributed by atoms with E-state index in [0.717, 1.165) is 11.3 Å². The Morgan fingerprint density at radius 3 is 2.58 bits per heavy atom. The van der Waals surface area contributed by atoms with E-state index in [1.165, 1.54) is 4.90 Å². The molecule has 1 aromatic heterocycles. The Kier molecular flexibility index (Phi) is 4.91. The molecule has 0 aliphatic heterocycles. The summed E-state index contributed by atoms with van der Waals surface area (Å²) < 4.78 is 5.04. The highest BCUT2D eigenvalue weighted by molar-refractivity contribution is 5.75. The highest BCUT2D eigenvalue weighted by Gasteiger charge is 2.19. The molecule has 0 fully saturated rings. The van der Waals surface area contributed by atoms with Crippen molar-refractivity contribution in [3.05, 3.63) is 17.0 Å². The molecule has 1 rings (SSSR count). The summed E-state index contributed by atoms with van der Waals surface area (Å²) in [7, 11) is 1.55. The number of aliphatic carboxylic acids is 1. The quantitative estimate of drug-likeness (QED) is 0.843. The van der Waals surface area contributed by atoms with Gasteiger partial charge in [0.25, 0.3) is 0 Å². The van der Waals surface area contributed by atoms with Gasteiger partial charge in [0.05, 0.1) is 18.2 Å². The Hall–Kier alpha value is -2.05. The van der Waals surface area contributed by atoms with Gasteiger partial charge in [-0.15, -0.1) is 0 Å². The molecule has 2 N–H and O–H groups in total. The minimum Gasteiger partial charge on any atom is -0.481 e. The Balaban J connectivity index is 2.59. The van der Waals surface area contributed by atoms with Gasteiger partial charge in [-0.2, -0.15) is 0 Å². The zero-order valence-corrected chi connectivity index (χ0v) is 11.6. The van der Waals surface area contributed by atoms with Crippen LogP contribution in [0.25, 0.3) is 0 Å². The summed E-state index contributed by atoms with van der Waals surface area (Å²) in [5.41, 5.74) is 1.58. The van der Waals surface area contributed by atoms with E-state index in [4.69, 9.17) is 9.63 Å². The number of hydrogen-bond acceptors (Lipinski definition) is 4. The molecule has 0 bridgehead atoms. The molecule has 0 aliphatic carbocycles. The van der Waals surface area contributed by atoms with E-state index in [1.54, 1.807) is 14.0 Å². The number of carboxylic acid groups (broad SMARTS) is 1. The third-order valence-corrected chi connectivity index (χ3v) is 2.87. The summed E-state index contributed by atoms with van der Waals surface area (Å²) in [5.74, 6) is -0.267. The van der Waals surface area contributed by atoms with Gasteiger partial charge >= 0.3 is 12.0 Å². The standard InChI is InChI=1S/C12H19N3O4/c1-7(11-8(2)14-19-9(11)3)13-12(18)15(4)6-5-10(16)17/h7H,5-6H2,1-4H3,(H,13,18)(H,16,17). The first kappa shape index (κ1) is 15.0. The van der Waals surface area contributed by atoms with E-state index < -0.39 is 5.97 Å². The third kappa shape index (κ3) is 3.97. The number of amides is 2. The SMILES string of the molecule is Cc1noc(C)c1C(C)NC(=O)N(C)CCC(=O)O. The lowest BCUT2D eigenvalue weighted by Crippen LogP contribution is -2.39. The summed E-state index contributed by atoms with van der Waals surface area (Å²) in [6, 6.07) is -0.570. The van der Waals surface area contributed by atoms with Crippen LogP contribution < -0.4 is 5.32 Å². The van der Waals surface area contributed by atoms with Crippen molar-refractivity contribution in [2.75, 3.05) is 13.6 Å². The van der Waals surface area contributed by atoms with Crippen LogP contribution in [0.15, 0.2) is 4.52 Å². The fourth-order valence-electron chi connectivity index (χ4n) is 1.84. The van der Waals surface area contributed by atoms with Crippen molar-refractivity contribution in [2.45, 2.75) is 33.2 Å². The number of nitrogens with zero attached hydrogens (tertiary/aromatic N) is 2. The van der Waals surface area contributed by atoms with Gasteiger partial charge in [0.15, 0.2) is 0 Å². The predicted octanol–water partition coefficient (Wildman–Crippen LogP) is 1.47. The maximum absolute atomic E-state index is 11.9. The van der Waals surface area contributed by atoms with Crippen molar-refractivity contribution in [1.29, 1.82) is 0 Å². The molecule has 7 heteroatoms. The smallest absolute Gasteiger partial charge is 0.317 e. The number of hydrogen-bond donors (Lipinski definition) is 2. The number of rotatable bonds is 5. The maximum atomic E-state index is 11.9. The number of carboxylic acids is 1. The molecule has 7 nitrogen and oxygen atoms in total. The van der Waals surface area contributed by atoms with Crippen molar-refractivity contribution in [2.24, 2.45) is 0 Å². The molecule has 0 radical (unpaired) electrons. The second-order valence-electron chi connectivity index (χ2n) is 4.47. The molecule has 1 atom stereocenters. The topological polar surface area (TPSA) is 95.7 Å². The van der Waals surface area contributed by atoms with Crippen molar-refractivity contribution in [3.63, 3.8) is 0 Å². The Bertz CT molecular complexity index is 450. The minimum absolute atomic E-state index is 0.0797. The van der Waals surface area contributed by atoms with Crippen LogP contribution in [0.2, 0.25) is 0 Å². The number of nitrogens with one attached hydrogen (secondary N) is 1. The van der Waals surface area contributed by atoms with Crippen LogP contribution in [0.5, 0.6) is 0 Å². The lowest BCUT2D eigenvalue weighted by atomic mass is 10.1. The van der Waals surface area contributed by atoms with E-state index in [0.29, 0.717) is 5.76 Å². The zero-order chi connectivity index (χ0) is 14.6. The fraction of sp³-hybridized carbons (Fsp3) is 0.583. The van der Waals surface area contributed by atoms with Gasteiger partial charge in [-0.25, -0.2) is 4.79 Å². The van der Waals surface area contributed by atoms with Gasteiger partial charge in [-0.1, -0.05) is 5.16 Å².